The van der Waals surface area contributed by atoms with Gasteiger partial charge < -0.3 is 20.1 Å². The summed E-state index contributed by atoms with van der Waals surface area (Å²) in [5, 5.41) is 14.0. The number of ether oxygens (including phenoxy) is 1. The molecule has 2 aliphatic rings. The summed E-state index contributed by atoms with van der Waals surface area (Å²) in [4.78, 5) is 34.1. The maximum atomic E-state index is 13.4. The third-order valence-corrected chi connectivity index (χ3v) is 7.29. The summed E-state index contributed by atoms with van der Waals surface area (Å²) in [6.45, 7) is 4.27. The first-order valence-corrected chi connectivity index (χ1v) is 12.7. The summed E-state index contributed by atoms with van der Waals surface area (Å²) in [6, 6.07) is 13.3. The molecule has 3 aromatic rings. The number of aromatic hydroxyl groups is 1. The maximum absolute atomic E-state index is 13.4. The van der Waals surface area contributed by atoms with Crippen molar-refractivity contribution in [3.05, 3.63) is 86.3 Å². The van der Waals surface area contributed by atoms with E-state index in [2.05, 4.69) is 34.6 Å². The predicted octanol–water partition coefficient (Wildman–Crippen LogP) is 5.04. The molecule has 0 saturated carbocycles. The number of carbonyl (C=O) groups excluding carboxylic acids is 1. The van der Waals surface area contributed by atoms with Crippen LogP contribution in [0.3, 0.4) is 0 Å². The molecule has 180 valence electrons. The lowest BCUT2D eigenvalue weighted by Gasteiger charge is -2.33. The van der Waals surface area contributed by atoms with E-state index in [9.17, 15) is 14.7 Å². The molecule has 5 rings (SSSR count). The first kappa shape index (κ1) is 23.2. The number of allylic oxidation sites excluding steroid dienone is 2. The summed E-state index contributed by atoms with van der Waals surface area (Å²) in [5.74, 6) is 0.936. The van der Waals surface area contributed by atoms with E-state index in [0.29, 0.717) is 58.6 Å². The number of aromatic amines is 1. The van der Waals surface area contributed by atoms with Crippen LogP contribution in [0.4, 0.5) is 5.82 Å². The summed E-state index contributed by atoms with van der Waals surface area (Å²) in [7, 11) is 0. The topological polar surface area (TPSA) is 104 Å². The second kappa shape index (κ2) is 9.62. The van der Waals surface area contributed by atoms with Gasteiger partial charge in [0.25, 0.3) is 5.56 Å². The van der Waals surface area contributed by atoms with E-state index in [1.165, 1.54) is 17.3 Å². The molecule has 0 fully saturated rings. The zero-order valence-electron chi connectivity index (χ0n) is 19.7. The third kappa shape index (κ3) is 4.58. The number of nitrogens with zero attached hydrogens (tertiary/aromatic N) is 1. The number of Topliss-reactive ketones (excluding diaryl/α,β-unsaturated/α-hetero) is 1. The van der Waals surface area contributed by atoms with Crippen LogP contribution < -0.4 is 15.6 Å². The summed E-state index contributed by atoms with van der Waals surface area (Å²) >= 11 is 1.46. The number of ketones is 1. The van der Waals surface area contributed by atoms with Gasteiger partial charge in [0.05, 0.1) is 12.2 Å². The van der Waals surface area contributed by atoms with Crippen LogP contribution in [0.1, 0.15) is 54.4 Å². The minimum atomic E-state index is -0.582. The Morgan fingerprint density at radius 3 is 2.71 bits per heavy atom. The minimum Gasteiger partial charge on any atom is -0.504 e. The van der Waals surface area contributed by atoms with Crippen LogP contribution in [0, 0.1) is 6.92 Å². The number of thioether (sulfide) groups is 1. The Labute approximate surface area is 207 Å². The zero-order chi connectivity index (χ0) is 24.5. The van der Waals surface area contributed by atoms with Crippen LogP contribution in [-0.4, -0.2) is 27.5 Å². The standard InChI is InChI=1S/C27H27N3O4S/c1-3-34-21-13-17(11-12-19(21)31)22-23-18(5-4-6-20(23)32)28-25-24(22)26(33)30-27(29-25)35-14-16-9-7-15(2)8-10-16/h7-13,22,31H,3-6,14H2,1-2H3,(H2,28,29,30,33). The number of hydrogen-bond donors (Lipinski definition) is 3. The van der Waals surface area contributed by atoms with E-state index in [1.54, 1.807) is 18.2 Å². The lowest BCUT2D eigenvalue weighted by Crippen LogP contribution is -2.32. The molecule has 0 bridgehead atoms. The largest absolute Gasteiger partial charge is 0.504 e. The van der Waals surface area contributed by atoms with Crippen molar-refractivity contribution in [2.45, 2.75) is 49.9 Å². The van der Waals surface area contributed by atoms with Gasteiger partial charge in [-0.25, -0.2) is 4.98 Å². The van der Waals surface area contributed by atoms with Gasteiger partial charge in [-0.3, -0.25) is 9.59 Å². The lowest BCUT2D eigenvalue weighted by molar-refractivity contribution is -0.116. The fraction of sp³-hybridized carbons (Fsp3) is 0.296. The zero-order valence-corrected chi connectivity index (χ0v) is 20.5. The van der Waals surface area contributed by atoms with Crippen LogP contribution in [-0.2, 0) is 10.5 Å². The number of hydrogen-bond acceptors (Lipinski definition) is 7. The molecule has 2 aromatic carbocycles. The fourth-order valence-corrected chi connectivity index (χ4v) is 5.48. The average molecular weight is 490 g/mol. The molecule has 35 heavy (non-hydrogen) atoms. The van der Waals surface area contributed by atoms with Crippen molar-refractivity contribution < 1.29 is 14.6 Å². The Kier molecular flexibility index (Phi) is 6.38. The quantitative estimate of drug-likeness (QED) is 0.329. The normalized spacial score (nSPS) is 17.0. The third-order valence-electron chi connectivity index (χ3n) is 6.35. The van der Waals surface area contributed by atoms with Crippen LogP contribution in [0.5, 0.6) is 11.5 Å². The van der Waals surface area contributed by atoms with E-state index in [1.807, 2.05) is 13.8 Å². The van der Waals surface area contributed by atoms with Crippen molar-refractivity contribution in [3.63, 3.8) is 0 Å². The van der Waals surface area contributed by atoms with Crippen molar-refractivity contribution in [2.24, 2.45) is 0 Å². The molecule has 1 atom stereocenters. The van der Waals surface area contributed by atoms with Crippen LogP contribution in [0.2, 0.25) is 0 Å². The molecule has 1 aliphatic heterocycles. The molecule has 0 spiro atoms. The van der Waals surface area contributed by atoms with Crippen molar-refractivity contribution in [2.75, 3.05) is 11.9 Å². The summed E-state index contributed by atoms with van der Waals surface area (Å²) in [6.07, 6.45) is 1.91. The molecule has 8 heteroatoms. The Morgan fingerprint density at radius 2 is 1.94 bits per heavy atom. The molecule has 3 N–H and O–H groups in total. The minimum absolute atomic E-state index is 0.0174. The molecule has 1 aromatic heterocycles. The first-order chi connectivity index (χ1) is 16.9. The highest BCUT2D eigenvalue weighted by Gasteiger charge is 2.38. The number of phenolic OH excluding ortho intramolecular Hbond substituents is 1. The molecule has 0 amide bonds. The van der Waals surface area contributed by atoms with Gasteiger partial charge in [0.2, 0.25) is 0 Å². The maximum Gasteiger partial charge on any atom is 0.257 e. The summed E-state index contributed by atoms with van der Waals surface area (Å²) in [5.41, 5.74) is 4.59. The van der Waals surface area contributed by atoms with Crippen LogP contribution in [0.15, 0.2) is 63.7 Å². The van der Waals surface area contributed by atoms with Gasteiger partial charge in [-0.1, -0.05) is 47.7 Å². The second-order valence-corrected chi connectivity index (χ2v) is 9.76. The van der Waals surface area contributed by atoms with Crippen molar-refractivity contribution in [3.8, 4) is 11.5 Å². The molecule has 0 saturated heterocycles. The highest BCUT2D eigenvalue weighted by Crippen LogP contribution is 2.45. The van der Waals surface area contributed by atoms with Gasteiger partial charge in [-0.15, -0.1) is 0 Å². The average Bonchev–Trinajstić information content (AvgIpc) is 2.84. The van der Waals surface area contributed by atoms with Crippen molar-refractivity contribution in [1.29, 1.82) is 0 Å². The molecular weight excluding hydrogens is 462 g/mol. The lowest BCUT2D eigenvalue weighted by atomic mass is 9.76. The molecule has 0 radical (unpaired) electrons. The number of aryl methyl sites for hydroxylation is 1. The van der Waals surface area contributed by atoms with Crippen molar-refractivity contribution >= 4 is 23.4 Å². The number of anilines is 1. The van der Waals surface area contributed by atoms with Crippen LogP contribution >= 0.6 is 11.8 Å². The van der Waals surface area contributed by atoms with Gasteiger partial charge in [0, 0.05) is 29.4 Å². The number of aromatic nitrogens is 2. The number of nitrogens with one attached hydrogen (secondary N) is 2. The monoisotopic (exact) mass is 489 g/mol. The number of carbonyl (C=O) groups is 1. The molecule has 1 aliphatic carbocycles. The fourth-order valence-electron chi connectivity index (χ4n) is 4.66. The highest BCUT2D eigenvalue weighted by atomic mass is 32.2. The highest BCUT2D eigenvalue weighted by molar-refractivity contribution is 7.98. The molecular formula is C27H27N3O4S. The van der Waals surface area contributed by atoms with Crippen LogP contribution in [0.25, 0.3) is 0 Å². The Balaban J connectivity index is 1.56. The molecule has 2 heterocycles. The SMILES string of the molecule is CCOc1cc(C2C3=C(CCCC3=O)Nc3nc(SCc4ccc(C)cc4)[nH]c(=O)c32)ccc1O. The Morgan fingerprint density at radius 1 is 1.14 bits per heavy atom. The van der Waals surface area contributed by atoms with E-state index >= 15 is 0 Å². The molecule has 7 nitrogen and oxygen atoms in total. The smallest absolute Gasteiger partial charge is 0.257 e. The second-order valence-electron chi connectivity index (χ2n) is 8.79. The van der Waals surface area contributed by atoms with E-state index in [4.69, 9.17) is 9.72 Å². The number of H-pyrrole nitrogens is 1. The van der Waals surface area contributed by atoms with Crippen molar-refractivity contribution in [1.82, 2.24) is 9.97 Å². The van der Waals surface area contributed by atoms with Gasteiger partial charge in [0.15, 0.2) is 22.4 Å². The predicted molar refractivity (Wildman–Crippen MR) is 136 cm³/mol. The number of rotatable bonds is 6. The van der Waals surface area contributed by atoms with Gasteiger partial charge >= 0.3 is 0 Å². The Bertz CT molecular complexity index is 1380. The number of fused-ring (bicyclic) bond motifs is 1. The van der Waals surface area contributed by atoms with E-state index in [0.717, 1.165) is 17.7 Å². The number of phenols is 1. The molecule has 1 unspecified atom stereocenters. The van der Waals surface area contributed by atoms with Gasteiger partial charge in [-0.2, -0.15) is 0 Å². The first-order valence-electron chi connectivity index (χ1n) is 11.8. The number of benzene rings is 2. The Hall–Kier alpha value is -3.52. The van der Waals surface area contributed by atoms with E-state index in [-0.39, 0.29) is 17.1 Å². The van der Waals surface area contributed by atoms with E-state index < -0.39 is 5.92 Å². The van der Waals surface area contributed by atoms with Gasteiger partial charge in [-0.05, 0) is 49.9 Å². The van der Waals surface area contributed by atoms with Gasteiger partial charge in [0.1, 0.15) is 5.82 Å². The summed E-state index contributed by atoms with van der Waals surface area (Å²) < 4.78 is 5.58.